The second-order valence-corrected chi connectivity index (χ2v) is 6.23. The molecular formula is C18H22FN3O2. The third kappa shape index (κ3) is 3.19. The molecule has 24 heavy (non-hydrogen) atoms. The zero-order chi connectivity index (χ0) is 17.3. The third-order valence-electron chi connectivity index (χ3n) is 4.53. The smallest absolute Gasteiger partial charge is 0.227 e. The lowest BCUT2D eigenvalue weighted by atomic mass is 10.1. The van der Waals surface area contributed by atoms with E-state index in [9.17, 15) is 9.18 Å². The van der Waals surface area contributed by atoms with E-state index >= 15 is 0 Å². The second kappa shape index (κ2) is 6.73. The first-order chi connectivity index (χ1) is 11.5. The van der Waals surface area contributed by atoms with Gasteiger partial charge >= 0.3 is 0 Å². The largest absolute Gasteiger partial charge is 0.377 e. The molecule has 1 aromatic carbocycles. The number of nitrogens with zero attached hydrogens (tertiary/aromatic N) is 3. The minimum Gasteiger partial charge on any atom is -0.377 e. The van der Waals surface area contributed by atoms with Crippen LogP contribution in [-0.4, -0.2) is 46.4 Å². The van der Waals surface area contributed by atoms with Crippen LogP contribution in [0.2, 0.25) is 0 Å². The van der Waals surface area contributed by atoms with Crippen LogP contribution < -0.4 is 0 Å². The Hall–Kier alpha value is -2.21. The van der Waals surface area contributed by atoms with Gasteiger partial charge in [0.25, 0.3) is 0 Å². The first-order valence-electron chi connectivity index (χ1n) is 8.15. The molecule has 5 nitrogen and oxygen atoms in total. The van der Waals surface area contributed by atoms with Crippen LogP contribution in [0.15, 0.2) is 24.3 Å². The van der Waals surface area contributed by atoms with Crippen LogP contribution in [0.25, 0.3) is 5.69 Å². The molecular weight excluding hydrogens is 309 g/mol. The van der Waals surface area contributed by atoms with Crippen LogP contribution in [-0.2, 0) is 16.0 Å². The van der Waals surface area contributed by atoms with Crippen molar-refractivity contribution in [2.75, 3.05) is 19.8 Å². The number of morpholine rings is 1. The maximum atomic E-state index is 13.1. The number of amides is 1. The summed E-state index contributed by atoms with van der Waals surface area (Å²) in [5, 5.41) is 4.53. The lowest BCUT2D eigenvalue weighted by Gasteiger charge is -2.33. The van der Waals surface area contributed by atoms with Crippen LogP contribution in [0.4, 0.5) is 4.39 Å². The lowest BCUT2D eigenvalue weighted by molar-refractivity contribution is -0.138. The van der Waals surface area contributed by atoms with Gasteiger partial charge in [0.1, 0.15) is 5.82 Å². The van der Waals surface area contributed by atoms with Gasteiger partial charge in [-0.2, -0.15) is 5.10 Å². The number of rotatable bonds is 3. The van der Waals surface area contributed by atoms with Gasteiger partial charge in [0.05, 0.1) is 37.1 Å². The number of carbonyl (C=O) groups excluding carboxylic acids is 1. The van der Waals surface area contributed by atoms with Gasteiger partial charge in [-0.05, 0) is 45.0 Å². The molecule has 0 bridgehead atoms. The van der Waals surface area contributed by atoms with E-state index in [-0.39, 0.29) is 17.8 Å². The summed E-state index contributed by atoms with van der Waals surface area (Å²) in [5.74, 6) is -0.187. The van der Waals surface area contributed by atoms with Crippen molar-refractivity contribution in [1.29, 1.82) is 0 Å². The molecule has 0 aliphatic carbocycles. The fourth-order valence-corrected chi connectivity index (χ4v) is 3.11. The Bertz CT molecular complexity index is 739. The van der Waals surface area contributed by atoms with Gasteiger partial charge in [0.2, 0.25) is 5.91 Å². The summed E-state index contributed by atoms with van der Waals surface area (Å²) in [6, 6.07) is 6.28. The van der Waals surface area contributed by atoms with E-state index in [4.69, 9.17) is 4.74 Å². The number of ether oxygens (including phenoxy) is 1. The molecule has 1 atom stereocenters. The molecule has 0 saturated carbocycles. The van der Waals surface area contributed by atoms with E-state index in [1.54, 1.807) is 16.8 Å². The van der Waals surface area contributed by atoms with E-state index in [1.165, 1.54) is 12.1 Å². The monoisotopic (exact) mass is 331 g/mol. The molecule has 1 fully saturated rings. The van der Waals surface area contributed by atoms with Gasteiger partial charge in [-0.15, -0.1) is 0 Å². The summed E-state index contributed by atoms with van der Waals surface area (Å²) in [4.78, 5) is 14.5. The maximum Gasteiger partial charge on any atom is 0.227 e. The third-order valence-corrected chi connectivity index (χ3v) is 4.53. The highest BCUT2D eigenvalue weighted by molar-refractivity contribution is 5.79. The van der Waals surface area contributed by atoms with Crippen molar-refractivity contribution >= 4 is 5.91 Å². The van der Waals surface area contributed by atoms with E-state index in [2.05, 4.69) is 5.10 Å². The summed E-state index contributed by atoms with van der Waals surface area (Å²) in [6.45, 7) is 7.64. The van der Waals surface area contributed by atoms with Crippen molar-refractivity contribution in [1.82, 2.24) is 14.7 Å². The van der Waals surface area contributed by atoms with Crippen molar-refractivity contribution in [2.45, 2.75) is 33.2 Å². The van der Waals surface area contributed by atoms with Gasteiger partial charge in [-0.3, -0.25) is 4.79 Å². The fourth-order valence-electron chi connectivity index (χ4n) is 3.11. The van der Waals surface area contributed by atoms with Crippen LogP contribution >= 0.6 is 0 Å². The summed E-state index contributed by atoms with van der Waals surface area (Å²) in [5.41, 5.74) is 3.46. The highest BCUT2D eigenvalue weighted by Crippen LogP contribution is 2.20. The molecule has 3 rings (SSSR count). The van der Waals surface area contributed by atoms with Crippen molar-refractivity contribution in [3.05, 3.63) is 47.0 Å². The average Bonchev–Trinajstić information content (AvgIpc) is 2.84. The highest BCUT2D eigenvalue weighted by Gasteiger charge is 2.25. The molecule has 6 heteroatoms. The molecule has 2 aromatic rings. The van der Waals surface area contributed by atoms with Gasteiger partial charge in [-0.25, -0.2) is 9.07 Å². The number of benzene rings is 1. The number of carbonyl (C=O) groups is 1. The minimum absolute atomic E-state index is 0.0932. The van der Waals surface area contributed by atoms with Crippen molar-refractivity contribution < 1.29 is 13.9 Å². The van der Waals surface area contributed by atoms with Gasteiger partial charge < -0.3 is 9.64 Å². The summed E-state index contributed by atoms with van der Waals surface area (Å²) in [6.07, 6.45) is 0.323. The SMILES string of the molecule is Cc1nn(-c2ccc(F)cc2)c(C)c1CC(=O)N1CCOCC1C. The molecule has 1 aliphatic heterocycles. The molecule has 0 N–H and O–H groups in total. The first kappa shape index (κ1) is 16.6. The topological polar surface area (TPSA) is 47.4 Å². The maximum absolute atomic E-state index is 13.1. The Morgan fingerprint density at radius 3 is 2.71 bits per heavy atom. The quantitative estimate of drug-likeness (QED) is 0.868. The number of aryl methyl sites for hydroxylation is 1. The standard InChI is InChI=1S/C18H22FN3O2/c1-12-11-24-9-8-21(12)18(23)10-17-13(2)20-22(14(17)3)16-6-4-15(19)5-7-16/h4-7,12H,8-11H2,1-3H3. The normalized spacial score (nSPS) is 18.0. The van der Waals surface area contributed by atoms with Crippen molar-refractivity contribution in [2.24, 2.45) is 0 Å². The number of aromatic nitrogens is 2. The van der Waals surface area contributed by atoms with E-state index < -0.39 is 0 Å². The van der Waals surface area contributed by atoms with E-state index in [1.807, 2.05) is 25.7 Å². The van der Waals surface area contributed by atoms with Crippen molar-refractivity contribution in [3.8, 4) is 5.69 Å². The molecule has 0 spiro atoms. The van der Waals surface area contributed by atoms with Crippen LogP contribution in [0.1, 0.15) is 23.9 Å². The first-order valence-corrected chi connectivity index (χ1v) is 8.15. The van der Waals surface area contributed by atoms with E-state index in [0.29, 0.717) is 26.2 Å². The molecule has 0 radical (unpaired) electrons. The molecule has 1 amide bonds. The number of hydrogen-bond donors (Lipinski definition) is 0. The Balaban J connectivity index is 1.84. The Kier molecular flexibility index (Phi) is 4.66. The predicted octanol–water partition coefficient (Wildman–Crippen LogP) is 2.42. The van der Waals surface area contributed by atoms with E-state index in [0.717, 1.165) is 22.6 Å². The molecule has 2 heterocycles. The lowest BCUT2D eigenvalue weighted by Crippen LogP contribution is -2.47. The number of halogens is 1. The van der Waals surface area contributed by atoms with Gasteiger partial charge in [0, 0.05) is 17.8 Å². The minimum atomic E-state index is -0.281. The molecule has 1 unspecified atom stereocenters. The van der Waals surface area contributed by atoms with Crippen LogP contribution in [0, 0.1) is 19.7 Å². The van der Waals surface area contributed by atoms with Crippen LogP contribution in [0.3, 0.4) is 0 Å². The zero-order valence-electron chi connectivity index (χ0n) is 14.3. The Morgan fingerprint density at radius 1 is 1.33 bits per heavy atom. The second-order valence-electron chi connectivity index (χ2n) is 6.23. The molecule has 128 valence electrons. The summed E-state index contributed by atoms with van der Waals surface area (Å²) >= 11 is 0. The number of hydrogen-bond acceptors (Lipinski definition) is 3. The Morgan fingerprint density at radius 2 is 2.04 bits per heavy atom. The highest BCUT2D eigenvalue weighted by atomic mass is 19.1. The average molecular weight is 331 g/mol. The fraction of sp³-hybridized carbons (Fsp3) is 0.444. The Labute approximate surface area is 141 Å². The zero-order valence-corrected chi connectivity index (χ0v) is 14.3. The molecule has 1 saturated heterocycles. The van der Waals surface area contributed by atoms with Gasteiger partial charge in [-0.1, -0.05) is 0 Å². The van der Waals surface area contributed by atoms with Crippen molar-refractivity contribution in [3.63, 3.8) is 0 Å². The van der Waals surface area contributed by atoms with Crippen LogP contribution in [0.5, 0.6) is 0 Å². The predicted molar refractivity (Wildman–Crippen MR) is 88.7 cm³/mol. The summed E-state index contributed by atoms with van der Waals surface area (Å²) in [7, 11) is 0. The molecule has 1 aliphatic rings. The molecule has 1 aromatic heterocycles. The van der Waals surface area contributed by atoms with Gasteiger partial charge in [0.15, 0.2) is 0 Å². The summed E-state index contributed by atoms with van der Waals surface area (Å²) < 4.78 is 20.3.